The van der Waals surface area contributed by atoms with Crippen LogP contribution in [0.15, 0.2) is 0 Å². The van der Waals surface area contributed by atoms with Gasteiger partial charge in [-0.2, -0.15) is 0 Å². The van der Waals surface area contributed by atoms with Crippen LogP contribution in [0, 0.1) is 23.2 Å². The van der Waals surface area contributed by atoms with Gasteiger partial charge in [-0.15, -0.1) is 0 Å². The summed E-state index contributed by atoms with van der Waals surface area (Å²) in [7, 11) is 0. The van der Waals surface area contributed by atoms with E-state index in [2.05, 4.69) is 10.6 Å². The molecule has 1 saturated heterocycles. The molecular weight excluding hydrogens is 252 g/mol. The number of hydrogen-bond acceptors (Lipinski definition) is 2. The van der Waals surface area contributed by atoms with Crippen LogP contribution in [-0.4, -0.2) is 24.4 Å². The second kappa shape index (κ2) is 4.47. The van der Waals surface area contributed by atoms with Crippen molar-refractivity contribution in [2.24, 2.45) is 23.2 Å². The van der Waals surface area contributed by atoms with Crippen molar-refractivity contribution in [3.63, 3.8) is 0 Å². The molecule has 4 aliphatic carbocycles. The molecule has 1 atom stereocenters. The molecule has 1 heterocycles. The maximum atomic E-state index is 12.2. The van der Waals surface area contributed by atoms with Crippen molar-refractivity contribution in [1.82, 2.24) is 10.6 Å². The summed E-state index contributed by atoms with van der Waals surface area (Å²) >= 11 is 0. The lowest BCUT2D eigenvalue weighted by Gasteiger charge is -2.57. The maximum absolute atomic E-state index is 12.2. The molecule has 2 N–H and O–H groups in total. The fourth-order valence-corrected chi connectivity index (χ4v) is 5.72. The second-order valence-corrected chi connectivity index (χ2v) is 7.79. The third-order valence-electron chi connectivity index (χ3n) is 6.11. The molecule has 1 aliphatic heterocycles. The van der Waals surface area contributed by atoms with Gasteiger partial charge in [0.1, 0.15) is 6.04 Å². The molecule has 2 amide bonds. The van der Waals surface area contributed by atoms with E-state index >= 15 is 0 Å². The van der Waals surface area contributed by atoms with Crippen LogP contribution in [0.2, 0.25) is 0 Å². The van der Waals surface area contributed by atoms with Crippen molar-refractivity contribution in [1.29, 1.82) is 0 Å². The van der Waals surface area contributed by atoms with Crippen molar-refractivity contribution < 1.29 is 9.59 Å². The summed E-state index contributed by atoms with van der Waals surface area (Å²) in [5.41, 5.74) is 0.382. The lowest BCUT2D eigenvalue weighted by Crippen LogP contribution is -2.53. The summed E-state index contributed by atoms with van der Waals surface area (Å²) in [6.07, 6.45) is 9.41. The minimum Gasteiger partial charge on any atom is -0.354 e. The van der Waals surface area contributed by atoms with Crippen LogP contribution in [0.3, 0.4) is 0 Å². The molecule has 5 aliphatic rings. The highest BCUT2D eigenvalue weighted by molar-refractivity contribution is 5.90. The van der Waals surface area contributed by atoms with Crippen LogP contribution in [-0.2, 0) is 9.59 Å². The Morgan fingerprint density at radius 1 is 1.15 bits per heavy atom. The molecule has 0 aromatic heterocycles. The molecular formula is C16H24N2O2. The topological polar surface area (TPSA) is 58.2 Å². The molecule has 110 valence electrons. The molecule has 4 nitrogen and oxygen atoms in total. The molecule has 0 unspecified atom stereocenters. The van der Waals surface area contributed by atoms with Gasteiger partial charge >= 0.3 is 0 Å². The number of carbonyl (C=O) groups is 2. The minimum absolute atomic E-state index is 0.0138. The van der Waals surface area contributed by atoms with E-state index in [0.717, 1.165) is 24.3 Å². The molecule has 4 heteroatoms. The van der Waals surface area contributed by atoms with Gasteiger partial charge in [-0.3, -0.25) is 9.59 Å². The van der Waals surface area contributed by atoms with Crippen LogP contribution < -0.4 is 10.6 Å². The summed E-state index contributed by atoms with van der Waals surface area (Å²) in [6.45, 7) is 0.835. The first-order chi connectivity index (χ1) is 9.62. The van der Waals surface area contributed by atoms with Crippen LogP contribution in [0.4, 0.5) is 0 Å². The highest BCUT2D eigenvalue weighted by Gasteiger charge is 2.50. The Balaban J connectivity index is 1.37. The first-order valence-corrected chi connectivity index (χ1v) is 8.19. The smallest absolute Gasteiger partial charge is 0.242 e. The Hall–Kier alpha value is -1.06. The van der Waals surface area contributed by atoms with E-state index < -0.39 is 0 Å². The van der Waals surface area contributed by atoms with Gasteiger partial charge in [0.2, 0.25) is 11.8 Å². The van der Waals surface area contributed by atoms with Crippen molar-refractivity contribution in [3.05, 3.63) is 0 Å². The predicted molar refractivity (Wildman–Crippen MR) is 74.8 cm³/mol. The molecule has 5 rings (SSSR count). The predicted octanol–water partition coefficient (Wildman–Crippen LogP) is 1.60. The zero-order valence-electron chi connectivity index (χ0n) is 12.0. The number of carbonyl (C=O) groups excluding carboxylic acids is 2. The third-order valence-corrected chi connectivity index (χ3v) is 6.11. The quantitative estimate of drug-likeness (QED) is 0.822. The van der Waals surface area contributed by atoms with E-state index in [0.29, 0.717) is 18.3 Å². The minimum atomic E-state index is -0.281. The van der Waals surface area contributed by atoms with E-state index in [1.54, 1.807) is 0 Å². The Kier molecular flexibility index (Phi) is 2.83. The molecule has 4 saturated carbocycles. The average molecular weight is 276 g/mol. The van der Waals surface area contributed by atoms with Crippen molar-refractivity contribution in [2.75, 3.05) is 6.54 Å². The fraction of sp³-hybridized carbons (Fsp3) is 0.875. The molecule has 0 aromatic rings. The first kappa shape index (κ1) is 12.7. The Labute approximate surface area is 120 Å². The molecule has 4 bridgehead atoms. The highest BCUT2D eigenvalue weighted by Crippen LogP contribution is 2.59. The molecule has 0 spiro atoms. The second-order valence-electron chi connectivity index (χ2n) is 7.79. The Morgan fingerprint density at radius 2 is 1.75 bits per heavy atom. The van der Waals surface area contributed by atoms with E-state index in [9.17, 15) is 9.59 Å². The van der Waals surface area contributed by atoms with Crippen molar-refractivity contribution in [3.8, 4) is 0 Å². The van der Waals surface area contributed by atoms with Gasteiger partial charge in [-0.25, -0.2) is 0 Å². The third kappa shape index (κ3) is 2.13. The van der Waals surface area contributed by atoms with Gasteiger partial charge in [0.15, 0.2) is 0 Å². The molecule has 5 fully saturated rings. The van der Waals surface area contributed by atoms with Crippen molar-refractivity contribution >= 4 is 11.8 Å². The van der Waals surface area contributed by atoms with Gasteiger partial charge in [0, 0.05) is 13.0 Å². The molecule has 20 heavy (non-hydrogen) atoms. The average Bonchev–Trinajstić information content (AvgIpc) is 2.81. The normalized spacial score (nSPS) is 45.5. The zero-order valence-corrected chi connectivity index (χ0v) is 12.0. The van der Waals surface area contributed by atoms with E-state index in [1.807, 2.05) is 0 Å². The number of nitrogens with one attached hydrogen (secondary N) is 2. The summed E-state index contributed by atoms with van der Waals surface area (Å²) in [5.74, 6) is 2.81. The monoisotopic (exact) mass is 276 g/mol. The Bertz CT molecular complexity index is 410. The number of amides is 2. The van der Waals surface area contributed by atoms with Crippen LogP contribution >= 0.6 is 0 Å². The maximum Gasteiger partial charge on any atom is 0.242 e. The largest absolute Gasteiger partial charge is 0.354 e. The lowest BCUT2D eigenvalue weighted by molar-refractivity contribution is -0.127. The lowest BCUT2D eigenvalue weighted by atomic mass is 9.49. The van der Waals surface area contributed by atoms with Gasteiger partial charge in [0.25, 0.3) is 0 Å². The van der Waals surface area contributed by atoms with Crippen molar-refractivity contribution in [2.45, 2.75) is 57.4 Å². The van der Waals surface area contributed by atoms with Crippen LogP contribution in [0.5, 0.6) is 0 Å². The zero-order chi connectivity index (χ0) is 13.7. The SMILES string of the molecule is O=C1CC[C@@H](C(=O)NCC23CC4CC(CC(C4)C2)C3)N1. The van der Waals surface area contributed by atoms with Crippen LogP contribution in [0.25, 0.3) is 0 Å². The summed E-state index contributed by atoms with van der Waals surface area (Å²) in [4.78, 5) is 23.4. The van der Waals surface area contributed by atoms with Gasteiger partial charge < -0.3 is 10.6 Å². The van der Waals surface area contributed by atoms with Gasteiger partial charge in [-0.05, 0) is 68.1 Å². The summed E-state index contributed by atoms with van der Waals surface area (Å²) < 4.78 is 0. The van der Waals surface area contributed by atoms with E-state index in [-0.39, 0.29) is 17.9 Å². The number of rotatable bonds is 3. The number of hydrogen-bond donors (Lipinski definition) is 2. The first-order valence-electron chi connectivity index (χ1n) is 8.19. The molecule has 0 aromatic carbocycles. The van der Waals surface area contributed by atoms with Gasteiger partial charge in [-0.1, -0.05) is 0 Å². The van der Waals surface area contributed by atoms with Gasteiger partial charge in [0.05, 0.1) is 0 Å². The standard InChI is InChI=1S/C16H24N2O2/c19-14-2-1-13(18-14)15(20)17-9-16-6-10-3-11(7-16)5-12(4-10)8-16/h10-13H,1-9H2,(H,17,20)(H,18,19)/t10?,11?,12?,13-,16?/m0/s1. The van der Waals surface area contributed by atoms with E-state index in [4.69, 9.17) is 0 Å². The van der Waals surface area contributed by atoms with E-state index in [1.165, 1.54) is 38.5 Å². The van der Waals surface area contributed by atoms with Crippen LogP contribution in [0.1, 0.15) is 51.4 Å². The summed E-state index contributed by atoms with van der Waals surface area (Å²) in [6, 6.07) is -0.281. The summed E-state index contributed by atoms with van der Waals surface area (Å²) in [5, 5.41) is 5.91. The fourth-order valence-electron chi connectivity index (χ4n) is 5.72. The highest BCUT2D eigenvalue weighted by atomic mass is 16.2. The Morgan fingerprint density at radius 3 is 2.25 bits per heavy atom. The molecule has 0 radical (unpaired) electrons.